The maximum atomic E-state index is 6.43. The Labute approximate surface area is 106 Å². The van der Waals surface area contributed by atoms with Crippen LogP contribution in [0, 0.1) is 5.41 Å². The van der Waals surface area contributed by atoms with E-state index < -0.39 is 0 Å². The molecule has 2 rings (SSSR count). The number of piperidine rings is 1. The quantitative estimate of drug-likeness (QED) is 0.793. The fraction of sp³-hybridized carbons (Fsp3) is 1.00. The molecule has 1 aliphatic heterocycles. The lowest BCUT2D eigenvalue weighted by molar-refractivity contribution is 0.0955. The van der Waals surface area contributed by atoms with E-state index >= 15 is 0 Å². The Morgan fingerprint density at radius 1 is 1.12 bits per heavy atom. The fourth-order valence-electron chi connectivity index (χ4n) is 3.53. The lowest BCUT2D eigenvalue weighted by Gasteiger charge is -2.41. The maximum absolute atomic E-state index is 6.43. The summed E-state index contributed by atoms with van der Waals surface area (Å²) in [5.74, 6) is 0. The molecule has 1 heterocycles. The Morgan fingerprint density at radius 3 is 2.12 bits per heavy atom. The first kappa shape index (κ1) is 13.3. The van der Waals surface area contributed by atoms with Gasteiger partial charge in [0.15, 0.2) is 0 Å². The molecule has 17 heavy (non-hydrogen) atoms. The zero-order valence-corrected chi connectivity index (χ0v) is 11.9. The van der Waals surface area contributed by atoms with Gasteiger partial charge in [-0.2, -0.15) is 0 Å². The van der Waals surface area contributed by atoms with E-state index in [2.05, 4.69) is 37.7 Å². The number of rotatable bonds is 2. The van der Waals surface area contributed by atoms with Crippen LogP contribution in [0.5, 0.6) is 0 Å². The highest BCUT2D eigenvalue weighted by Gasteiger charge is 2.42. The van der Waals surface area contributed by atoms with E-state index in [4.69, 9.17) is 5.73 Å². The molecule has 3 nitrogen and oxygen atoms in total. The smallest absolute Gasteiger partial charge is 0.0252 e. The van der Waals surface area contributed by atoms with Crippen molar-refractivity contribution in [1.29, 1.82) is 0 Å². The SMILES string of the molecule is CN(C)C1CCN(C2CCC(C)(C)C2N)CC1. The third-order valence-electron chi connectivity index (χ3n) is 5.10. The van der Waals surface area contributed by atoms with Crippen molar-refractivity contribution >= 4 is 0 Å². The van der Waals surface area contributed by atoms with Crippen molar-refractivity contribution in [2.24, 2.45) is 11.1 Å². The van der Waals surface area contributed by atoms with E-state index in [9.17, 15) is 0 Å². The van der Waals surface area contributed by atoms with Crippen molar-refractivity contribution in [2.75, 3.05) is 27.2 Å². The molecule has 100 valence electrons. The highest BCUT2D eigenvalue weighted by Crippen LogP contribution is 2.39. The summed E-state index contributed by atoms with van der Waals surface area (Å²) in [6, 6.07) is 1.77. The molecule has 0 bridgehead atoms. The molecule has 1 aliphatic carbocycles. The van der Waals surface area contributed by atoms with E-state index in [1.54, 1.807) is 0 Å². The van der Waals surface area contributed by atoms with Gasteiger partial charge >= 0.3 is 0 Å². The van der Waals surface area contributed by atoms with Gasteiger partial charge in [0.2, 0.25) is 0 Å². The standard InChI is InChI=1S/C14H29N3/c1-14(2)8-5-12(13(14)15)17-9-6-11(7-10-17)16(3)4/h11-13H,5-10,15H2,1-4H3. The van der Waals surface area contributed by atoms with Crippen LogP contribution in [0.15, 0.2) is 0 Å². The summed E-state index contributed by atoms with van der Waals surface area (Å²) in [5, 5.41) is 0. The Hall–Kier alpha value is -0.120. The van der Waals surface area contributed by atoms with Crippen LogP contribution in [-0.4, -0.2) is 55.1 Å². The molecule has 0 radical (unpaired) electrons. The van der Waals surface area contributed by atoms with Crippen molar-refractivity contribution in [2.45, 2.75) is 57.7 Å². The molecule has 0 amide bonds. The second kappa shape index (κ2) is 4.87. The third-order valence-corrected chi connectivity index (χ3v) is 5.10. The summed E-state index contributed by atoms with van der Waals surface area (Å²) in [6.07, 6.45) is 5.18. The number of hydrogen-bond acceptors (Lipinski definition) is 3. The average molecular weight is 239 g/mol. The van der Waals surface area contributed by atoms with E-state index in [0.717, 1.165) is 6.04 Å². The predicted octanol–water partition coefficient (Wildman–Crippen LogP) is 1.53. The van der Waals surface area contributed by atoms with E-state index in [-0.39, 0.29) is 0 Å². The minimum Gasteiger partial charge on any atom is -0.326 e. The normalized spacial score (nSPS) is 35.6. The van der Waals surface area contributed by atoms with Crippen molar-refractivity contribution in [3.8, 4) is 0 Å². The molecule has 3 heteroatoms. The van der Waals surface area contributed by atoms with Crippen LogP contribution in [-0.2, 0) is 0 Å². The molecule has 0 aromatic carbocycles. The highest BCUT2D eigenvalue weighted by molar-refractivity contribution is 5.00. The first-order valence-corrected chi connectivity index (χ1v) is 7.08. The minimum absolute atomic E-state index is 0.336. The minimum atomic E-state index is 0.336. The molecule has 1 saturated heterocycles. The Balaban J connectivity index is 1.90. The van der Waals surface area contributed by atoms with E-state index in [1.807, 2.05) is 0 Å². The van der Waals surface area contributed by atoms with Gasteiger partial charge in [-0.05, 0) is 58.3 Å². The highest BCUT2D eigenvalue weighted by atomic mass is 15.2. The predicted molar refractivity (Wildman–Crippen MR) is 73.1 cm³/mol. The number of likely N-dealkylation sites (tertiary alicyclic amines) is 1. The molecular formula is C14H29N3. The summed E-state index contributed by atoms with van der Waals surface area (Å²) >= 11 is 0. The molecule has 0 aromatic heterocycles. The first-order valence-electron chi connectivity index (χ1n) is 7.08. The second-order valence-corrected chi connectivity index (χ2v) is 6.85. The van der Waals surface area contributed by atoms with Gasteiger partial charge in [0.05, 0.1) is 0 Å². The Bertz CT molecular complexity index is 254. The maximum Gasteiger partial charge on any atom is 0.0252 e. The second-order valence-electron chi connectivity index (χ2n) is 6.85. The summed E-state index contributed by atoms with van der Waals surface area (Å²) in [4.78, 5) is 5.02. The van der Waals surface area contributed by atoms with Gasteiger partial charge in [0.1, 0.15) is 0 Å². The van der Waals surface area contributed by atoms with E-state index in [1.165, 1.54) is 38.8 Å². The number of nitrogens with zero attached hydrogens (tertiary/aromatic N) is 2. The van der Waals surface area contributed by atoms with Crippen LogP contribution < -0.4 is 5.73 Å². The van der Waals surface area contributed by atoms with Crippen LogP contribution >= 0.6 is 0 Å². The van der Waals surface area contributed by atoms with Gasteiger partial charge in [-0.25, -0.2) is 0 Å². The molecule has 2 fully saturated rings. The van der Waals surface area contributed by atoms with E-state index in [0.29, 0.717) is 17.5 Å². The van der Waals surface area contributed by atoms with Crippen molar-refractivity contribution in [3.63, 3.8) is 0 Å². The summed E-state index contributed by atoms with van der Waals surface area (Å²) < 4.78 is 0. The van der Waals surface area contributed by atoms with Crippen molar-refractivity contribution in [1.82, 2.24) is 9.80 Å². The van der Waals surface area contributed by atoms with Crippen LogP contribution in [0.2, 0.25) is 0 Å². The molecule has 1 saturated carbocycles. The first-order chi connectivity index (χ1) is 7.92. The van der Waals surface area contributed by atoms with Gasteiger partial charge in [-0.15, -0.1) is 0 Å². The monoisotopic (exact) mass is 239 g/mol. The largest absolute Gasteiger partial charge is 0.326 e. The molecule has 2 unspecified atom stereocenters. The van der Waals surface area contributed by atoms with Crippen LogP contribution in [0.4, 0.5) is 0 Å². The van der Waals surface area contributed by atoms with Gasteiger partial charge < -0.3 is 10.6 Å². The molecule has 2 N–H and O–H groups in total. The summed E-state index contributed by atoms with van der Waals surface area (Å²) in [5.41, 5.74) is 6.77. The topological polar surface area (TPSA) is 32.5 Å². The van der Waals surface area contributed by atoms with Gasteiger partial charge in [0.25, 0.3) is 0 Å². The fourth-order valence-corrected chi connectivity index (χ4v) is 3.53. The number of nitrogens with two attached hydrogens (primary N) is 1. The number of hydrogen-bond donors (Lipinski definition) is 1. The van der Waals surface area contributed by atoms with Gasteiger partial charge in [0, 0.05) is 18.1 Å². The average Bonchev–Trinajstić information content (AvgIpc) is 2.55. The molecule has 2 aliphatic rings. The molecule has 0 spiro atoms. The molecule has 0 aromatic rings. The zero-order chi connectivity index (χ0) is 12.6. The molecule has 2 atom stereocenters. The zero-order valence-electron chi connectivity index (χ0n) is 11.9. The lowest BCUT2D eigenvalue weighted by Crippen LogP contribution is -2.53. The third kappa shape index (κ3) is 2.67. The van der Waals surface area contributed by atoms with Crippen LogP contribution in [0.25, 0.3) is 0 Å². The van der Waals surface area contributed by atoms with Gasteiger partial charge in [-0.1, -0.05) is 13.8 Å². The van der Waals surface area contributed by atoms with Crippen LogP contribution in [0.3, 0.4) is 0 Å². The Morgan fingerprint density at radius 2 is 1.71 bits per heavy atom. The lowest BCUT2D eigenvalue weighted by atomic mass is 9.86. The summed E-state index contributed by atoms with van der Waals surface area (Å²) in [7, 11) is 4.40. The molecular weight excluding hydrogens is 210 g/mol. The van der Waals surface area contributed by atoms with Crippen molar-refractivity contribution < 1.29 is 0 Å². The van der Waals surface area contributed by atoms with Crippen LogP contribution in [0.1, 0.15) is 39.5 Å². The Kier molecular flexibility index (Phi) is 3.81. The van der Waals surface area contributed by atoms with Gasteiger partial charge in [-0.3, -0.25) is 4.90 Å². The van der Waals surface area contributed by atoms with Crippen molar-refractivity contribution in [3.05, 3.63) is 0 Å². The summed E-state index contributed by atoms with van der Waals surface area (Å²) in [6.45, 7) is 7.11.